The van der Waals surface area contributed by atoms with Crippen LogP contribution in [0.25, 0.3) is 0 Å². The van der Waals surface area contributed by atoms with Gasteiger partial charge in [0, 0.05) is 13.8 Å². The van der Waals surface area contributed by atoms with Crippen LogP contribution in [0.2, 0.25) is 0 Å². The molecule has 0 aliphatic heterocycles. The van der Waals surface area contributed by atoms with Crippen molar-refractivity contribution in [1.82, 2.24) is 9.97 Å². The Labute approximate surface area is 74.8 Å². The highest BCUT2D eigenvalue weighted by Crippen LogP contribution is 2.05. The Bertz CT molecular complexity index is 349. The molecule has 0 atom stereocenters. The molecule has 1 aromatic heterocycles. The topological polar surface area (TPSA) is 69.2 Å². The molecule has 0 fully saturated rings. The van der Waals surface area contributed by atoms with Crippen molar-refractivity contribution in [2.24, 2.45) is 0 Å². The number of esters is 1. The minimum atomic E-state index is -0.491. The van der Waals surface area contributed by atoms with Crippen LogP contribution in [0.3, 0.4) is 0 Å². The zero-order valence-electron chi connectivity index (χ0n) is 7.27. The van der Waals surface area contributed by atoms with Crippen LogP contribution in [-0.4, -0.2) is 21.7 Å². The van der Waals surface area contributed by atoms with Crippen molar-refractivity contribution in [3.05, 3.63) is 18.1 Å². The molecule has 0 unspecified atom stereocenters. The molecule has 68 valence electrons. The van der Waals surface area contributed by atoms with Gasteiger partial charge in [0.25, 0.3) is 0 Å². The summed E-state index contributed by atoms with van der Waals surface area (Å²) >= 11 is 0. The van der Waals surface area contributed by atoms with Gasteiger partial charge in [-0.25, -0.2) is 4.98 Å². The lowest BCUT2D eigenvalue weighted by molar-refractivity contribution is -0.132. The number of ketones is 1. The van der Waals surface area contributed by atoms with Gasteiger partial charge in [0.15, 0.2) is 5.78 Å². The third kappa shape index (κ3) is 2.62. The fourth-order valence-electron chi connectivity index (χ4n) is 0.714. The molecular weight excluding hydrogens is 172 g/mol. The SMILES string of the molecule is CC(=O)Oc1cncc(C(C)=O)n1. The van der Waals surface area contributed by atoms with Crippen molar-refractivity contribution in [3.63, 3.8) is 0 Å². The highest BCUT2D eigenvalue weighted by atomic mass is 16.5. The fraction of sp³-hybridized carbons (Fsp3) is 0.250. The predicted octanol–water partition coefficient (Wildman–Crippen LogP) is 0.605. The van der Waals surface area contributed by atoms with E-state index in [0.29, 0.717) is 0 Å². The summed E-state index contributed by atoms with van der Waals surface area (Å²) in [6, 6.07) is 0. The lowest BCUT2D eigenvalue weighted by Gasteiger charge is -1.99. The number of ether oxygens (including phenoxy) is 1. The first-order chi connectivity index (χ1) is 6.09. The van der Waals surface area contributed by atoms with Gasteiger partial charge >= 0.3 is 5.97 Å². The average molecular weight is 180 g/mol. The molecule has 5 nitrogen and oxygen atoms in total. The minimum Gasteiger partial charge on any atom is -0.406 e. The van der Waals surface area contributed by atoms with E-state index in [4.69, 9.17) is 0 Å². The second-order valence-electron chi connectivity index (χ2n) is 2.39. The number of rotatable bonds is 2. The van der Waals surface area contributed by atoms with Gasteiger partial charge in [-0.3, -0.25) is 14.6 Å². The molecule has 13 heavy (non-hydrogen) atoms. The van der Waals surface area contributed by atoms with E-state index in [2.05, 4.69) is 14.7 Å². The Kier molecular flexibility index (Phi) is 2.69. The number of aromatic nitrogens is 2. The zero-order chi connectivity index (χ0) is 9.84. The van der Waals surface area contributed by atoms with Gasteiger partial charge in [0.1, 0.15) is 5.69 Å². The lowest BCUT2D eigenvalue weighted by atomic mass is 10.3. The number of carbonyl (C=O) groups excluding carboxylic acids is 2. The normalized spacial score (nSPS) is 9.38. The van der Waals surface area contributed by atoms with Crippen LogP contribution in [0, 0.1) is 0 Å². The molecule has 0 amide bonds. The van der Waals surface area contributed by atoms with Crippen molar-refractivity contribution in [2.75, 3.05) is 0 Å². The highest BCUT2D eigenvalue weighted by Gasteiger charge is 2.05. The van der Waals surface area contributed by atoms with E-state index in [1.807, 2.05) is 0 Å². The molecule has 0 aromatic carbocycles. The van der Waals surface area contributed by atoms with Crippen LogP contribution in [-0.2, 0) is 4.79 Å². The van der Waals surface area contributed by atoms with Gasteiger partial charge in [-0.1, -0.05) is 0 Å². The van der Waals surface area contributed by atoms with Gasteiger partial charge in [0.2, 0.25) is 5.88 Å². The third-order valence-electron chi connectivity index (χ3n) is 1.22. The average Bonchev–Trinajstić information content (AvgIpc) is 2.03. The third-order valence-corrected chi connectivity index (χ3v) is 1.22. The van der Waals surface area contributed by atoms with Gasteiger partial charge in [-0.05, 0) is 0 Å². The molecule has 0 aliphatic rings. The molecule has 0 spiro atoms. The summed E-state index contributed by atoms with van der Waals surface area (Å²) < 4.78 is 4.64. The van der Waals surface area contributed by atoms with Crippen LogP contribution in [0.5, 0.6) is 5.88 Å². The van der Waals surface area contributed by atoms with E-state index in [0.717, 1.165) is 0 Å². The second-order valence-corrected chi connectivity index (χ2v) is 2.39. The van der Waals surface area contributed by atoms with Crippen LogP contribution < -0.4 is 4.74 Å². The van der Waals surface area contributed by atoms with Gasteiger partial charge in [-0.2, -0.15) is 0 Å². The van der Waals surface area contributed by atoms with E-state index in [-0.39, 0.29) is 17.4 Å². The predicted molar refractivity (Wildman–Crippen MR) is 43.3 cm³/mol. The Morgan fingerprint density at radius 2 is 2.00 bits per heavy atom. The largest absolute Gasteiger partial charge is 0.406 e. The van der Waals surface area contributed by atoms with Crippen LogP contribution in [0.4, 0.5) is 0 Å². The molecule has 0 saturated carbocycles. The molecular formula is C8H8N2O3. The molecule has 1 rings (SSSR count). The summed E-state index contributed by atoms with van der Waals surface area (Å²) in [5, 5.41) is 0. The molecule has 0 saturated heterocycles. The highest BCUT2D eigenvalue weighted by molar-refractivity contribution is 5.91. The van der Waals surface area contributed by atoms with E-state index >= 15 is 0 Å². The quantitative estimate of drug-likeness (QED) is 0.492. The summed E-state index contributed by atoms with van der Waals surface area (Å²) in [6.45, 7) is 2.61. The number of carbonyl (C=O) groups is 2. The van der Waals surface area contributed by atoms with Crippen molar-refractivity contribution < 1.29 is 14.3 Å². The summed E-state index contributed by atoms with van der Waals surface area (Å²) in [7, 11) is 0. The Morgan fingerprint density at radius 3 is 2.54 bits per heavy atom. The maximum absolute atomic E-state index is 10.8. The minimum absolute atomic E-state index is 0.0419. The van der Waals surface area contributed by atoms with E-state index < -0.39 is 5.97 Å². The fourth-order valence-corrected chi connectivity index (χ4v) is 0.714. The molecule has 0 N–H and O–H groups in total. The summed E-state index contributed by atoms with van der Waals surface area (Å²) in [6.07, 6.45) is 2.59. The van der Waals surface area contributed by atoms with Crippen LogP contribution in [0.1, 0.15) is 24.3 Å². The molecule has 5 heteroatoms. The first-order valence-electron chi connectivity index (χ1n) is 3.61. The van der Waals surface area contributed by atoms with E-state index in [1.165, 1.54) is 26.2 Å². The number of hydrogen-bond donors (Lipinski definition) is 0. The number of Topliss-reactive ketones (excluding diaryl/α,β-unsaturated/α-hetero) is 1. The van der Waals surface area contributed by atoms with Gasteiger partial charge < -0.3 is 4.74 Å². The van der Waals surface area contributed by atoms with Gasteiger partial charge in [-0.15, -0.1) is 0 Å². The van der Waals surface area contributed by atoms with Crippen molar-refractivity contribution in [3.8, 4) is 5.88 Å². The van der Waals surface area contributed by atoms with Crippen molar-refractivity contribution >= 4 is 11.8 Å². The zero-order valence-corrected chi connectivity index (χ0v) is 7.27. The van der Waals surface area contributed by atoms with Crippen LogP contribution >= 0.6 is 0 Å². The second kappa shape index (κ2) is 3.75. The Hall–Kier alpha value is -1.78. The number of hydrogen-bond acceptors (Lipinski definition) is 5. The van der Waals surface area contributed by atoms with Crippen molar-refractivity contribution in [2.45, 2.75) is 13.8 Å². The van der Waals surface area contributed by atoms with Crippen molar-refractivity contribution in [1.29, 1.82) is 0 Å². The molecule has 0 bridgehead atoms. The monoisotopic (exact) mass is 180 g/mol. The Balaban J connectivity index is 2.91. The summed E-state index contributed by atoms with van der Waals surface area (Å²) in [4.78, 5) is 28.8. The molecule has 0 aliphatic carbocycles. The first kappa shape index (κ1) is 9.31. The lowest BCUT2D eigenvalue weighted by Crippen LogP contribution is -2.06. The molecule has 0 radical (unpaired) electrons. The number of nitrogens with zero attached hydrogens (tertiary/aromatic N) is 2. The summed E-state index contributed by atoms with van der Waals surface area (Å²) in [5.41, 5.74) is 0.179. The van der Waals surface area contributed by atoms with E-state index in [1.54, 1.807) is 0 Å². The molecule has 1 aromatic rings. The van der Waals surface area contributed by atoms with E-state index in [9.17, 15) is 9.59 Å². The Morgan fingerprint density at radius 1 is 1.31 bits per heavy atom. The standard InChI is InChI=1S/C8H8N2O3/c1-5(11)7-3-9-4-8(10-7)13-6(2)12/h3-4H,1-2H3. The van der Waals surface area contributed by atoms with Crippen LogP contribution in [0.15, 0.2) is 12.4 Å². The van der Waals surface area contributed by atoms with Gasteiger partial charge in [0.05, 0.1) is 12.4 Å². The maximum atomic E-state index is 10.8. The summed E-state index contributed by atoms with van der Waals surface area (Å²) in [5.74, 6) is -0.670. The molecule has 1 heterocycles. The first-order valence-corrected chi connectivity index (χ1v) is 3.61. The maximum Gasteiger partial charge on any atom is 0.309 e. The smallest absolute Gasteiger partial charge is 0.309 e.